The van der Waals surface area contributed by atoms with Crippen LogP contribution >= 0.6 is 24.8 Å². The van der Waals surface area contributed by atoms with Crippen molar-refractivity contribution >= 4 is 31.1 Å². The molecule has 8 heavy (non-hydrogen) atoms. The molecule has 0 spiro atoms. The predicted molar refractivity (Wildman–Crippen MR) is 35.0 cm³/mol. The van der Waals surface area contributed by atoms with E-state index < -0.39 is 0 Å². The molecule has 0 saturated heterocycles. The van der Waals surface area contributed by atoms with E-state index in [4.69, 9.17) is 0 Å². The molecule has 0 aliphatic carbocycles. The predicted octanol–water partition coefficient (Wildman–Crippen LogP) is 1.51. The van der Waals surface area contributed by atoms with Gasteiger partial charge >= 0.3 is 0 Å². The Morgan fingerprint density at radius 2 is 1.62 bits per heavy atom. The second-order valence-corrected chi connectivity index (χ2v) is 0.882. The number of hydrogen-bond acceptors (Lipinski definition) is 1. The van der Waals surface area contributed by atoms with Crippen LogP contribution in [0.2, 0.25) is 0 Å². The zero-order valence-corrected chi connectivity index (χ0v) is 8.52. The molecule has 0 aromatic carbocycles. The average Bonchev–Trinajstić information content (AvgIpc) is 1.38. The van der Waals surface area contributed by atoms with Gasteiger partial charge in [-0.1, -0.05) is 6.92 Å². The molecule has 0 radical (unpaired) electrons. The van der Waals surface area contributed by atoms with Crippen LogP contribution in [-0.4, -0.2) is 6.29 Å². The molecule has 48 valence electrons. The fourth-order valence-electron chi connectivity index (χ4n) is 0. The van der Waals surface area contributed by atoms with Crippen LogP contribution in [0, 0.1) is 0 Å². The van der Waals surface area contributed by atoms with Crippen molar-refractivity contribution in [2.45, 2.75) is 6.92 Å². The summed E-state index contributed by atoms with van der Waals surface area (Å²) in [6.07, 6.45) is 1.58. The first kappa shape index (κ1) is 23.2. The van der Waals surface area contributed by atoms with E-state index in [1.807, 2.05) is 0 Å². The van der Waals surface area contributed by atoms with Gasteiger partial charge in [-0.3, -0.25) is 0 Å². The van der Waals surface area contributed by atoms with Gasteiger partial charge in [0, 0.05) is 26.2 Å². The molecule has 0 aliphatic heterocycles. The summed E-state index contributed by atoms with van der Waals surface area (Å²) in [5, 5.41) is 0. The quantitative estimate of drug-likeness (QED) is 0.495. The van der Waals surface area contributed by atoms with E-state index in [1.165, 1.54) is 0 Å². The maximum Gasteiger partial charge on any atom is 0 e. The Balaban J connectivity index is -0.0000000267. The summed E-state index contributed by atoms with van der Waals surface area (Å²) < 4.78 is 0. The molecule has 0 unspecified atom stereocenters. The fourth-order valence-corrected chi connectivity index (χ4v) is 0. The summed E-state index contributed by atoms with van der Waals surface area (Å²) in [5.74, 6) is 0. The largest absolute Gasteiger partial charge is 0.419 e. The molecular weight excluding hydrogens is 226 g/mol. The second kappa shape index (κ2) is 15.7. The van der Waals surface area contributed by atoms with Crippen LogP contribution in [0.25, 0.3) is 0 Å². The van der Waals surface area contributed by atoms with E-state index >= 15 is 0 Å². The summed E-state index contributed by atoms with van der Waals surface area (Å²) in [4.78, 5) is 9.28. The van der Waals surface area contributed by atoms with Crippen molar-refractivity contribution in [1.82, 2.24) is 0 Å². The third-order valence-electron chi connectivity index (χ3n) is 0.174. The zero-order chi connectivity index (χ0) is 4.28. The minimum atomic E-state index is 0. The van der Waals surface area contributed by atoms with Gasteiger partial charge in [0.15, 0.2) is 0 Å². The van der Waals surface area contributed by atoms with E-state index in [9.17, 15) is 4.79 Å². The van der Waals surface area contributed by atoms with Crippen molar-refractivity contribution in [3.8, 4) is 0 Å². The van der Waals surface area contributed by atoms with E-state index in [0.717, 1.165) is 0 Å². The number of hydrogen-bond donors (Lipinski definition) is 0. The molecule has 0 N–H and O–H groups in total. The van der Waals surface area contributed by atoms with Crippen molar-refractivity contribution < 1.29 is 31.0 Å². The second-order valence-electron chi connectivity index (χ2n) is 0.882. The molecule has 0 aromatic heterocycles. The summed E-state index contributed by atoms with van der Waals surface area (Å²) in [6.45, 7) is 4.85. The minimum absolute atomic E-state index is 0. The van der Waals surface area contributed by atoms with Crippen LogP contribution in [0.1, 0.15) is 6.92 Å². The molecule has 0 fully saturated rings. The van der Waals surface area contributed by atoms with E-state index in [2.05, 4.69) is 6.58 Å². The molecule has 4 heteroatoms. The molecule has 0 amide bonds. The molecule has 0 atom stereocenters. The summed E-state index contributed by atoms with van der Waals surface area (Å²) in [7, 11) is 0. The van der Waals surface area contributed by atoms with Gasteiger partial charge in [-0.15, -0.1) is 24.8 Å². The minimum Gasteiger partial charge on any atom is -0.419 e. The molecule has 0 aliphatic rings. The van der Waals surface area contributed by atoms with Crippen LogP contribution in [-0.2, 0) is 31.0 Å². The van der Waals surface area contributed by atoms with E-state index in [-0.39, 0.29) is 51.0 Å². The normalized spacial score (nSPS) is 4.12. The summed E-state index contributed by atoms with van der Waals surface area (Å²) in [5.41, 5.74) is 0.449. The van der Waals surface area contributed by atoms with Crippen LogP contribution in [0.4, 0.5) is 0 Å². The van der Waals surface area contributed by atoms with Gasteiger partial charge in [0.1, 0.15) is 0 Å². The zero-order valence-electron chi connectivity index (χ0n) is 4.43. The molecule has 0 saturated carbocycles. The molecule has 0 heterocycles. The summed E-state index contributed by atoms with van der Waals surface area (Å²) >= 11 is 0. The fraction of sp³-hybridized carbons (Fsp3) is 0.250. The van der Waals surface area contributed by atoms with Crippen LogP contribution in [0.5, 0.6) is 0 Å². The number of rotatable bonds is 1. The Bertz CT molecular complexity index is 65.1. The van der Waals surface area contributed by atoms with Gasteiger partial charge in [-0.2, -0.15) is 5.57 Å². The van der Waals surface area contributed by atoms with Gasteiger partial charge in [-0.05, 0) is 6.29 Å². The van der Waals surface area contributed by atoms with Gasteiger partial charge in [0.05, 0.1) is 0 Å². The molecule has 0 rings (SSSR count). The van der Waals surface area contributed by atoms with Gasteiger partial charge < -0.3 is 4.79 Å². The first-order chi connectivity index (χ1) is 2.27. The van der Waals surface area contributed by atoms with Crippen LogP contribution in [0.3, 0.4) is 0 Å². The van der Waals surface area contributed by atoms with E-state index in [1.54, 1.807) is 13.2 Å². The van der Waals surface area contributed by atoms with Gasteiger partial charge in [-0.25, -0.2) is 6.58 Å². The monoisotopic (exact) mass is 231 g/mol. The SMILES string of the molecule is C=C(C)[C-]=O.Cl.Cl.[Zr]. The Labute approximate surface area is 80.9 Å². The Morgan fingerprint density at radius 1 is 1.50 bits per heavy atom. The Morgan fingerprint density at radius 3 is 1.62 bits per heavy atom. The van der Waals surface area contributed by atoms with Crippen molar-refractivity contribution in [3.05, 3.63) is 12.2 Å². The van der Waals surface area contributed by atoms with Crippen LogP contribution in [0.15, 0.2) is 12.2 Å². The number of carbonyl (C=O) groups excluding carboxylic acids is 1. The van der Waals surface area contributed by atoms with Gasteiger partial charge in [0.25, 0.3) is 0 Å². The Hall–Kier alpha value is 0.873. The maximum atomic E-state index is 9.28. The van der Waals surface area contributed by atoms with Gasteiger partial charge in [0.2, 0.25) is 0 Å². The third kappa shape index (κ3) is 28.7. The first-order valence-electron chi connectivity index (χ1n) is 1.31. The van der Waals surface area contributed by atoms with Crippen molar-refractivity contribution in [3.63, 3.8) is 0 Å². The van der Waals surface area contributed by atoms with Crippen LogP contribution < -0.4 is 0 Å². The molecular formula is C4H7Cl2OZr-. The number of allylic oxidation sites excluding steroid dienone is 1. The Kier molecular flexibility index (Phi) is 45.3. The average molecular weight is 233 g/mol. The maximum absolute atomic E-state index is 9.28. The topological polar surface area (TPSA) is 17.1 Å². The molecule has 0 bridgehead atoms. The standard InChI is InChI=1S/C4H5O.2ClH.Zr/c1-4(2)3-5;;;/h1H2,2H3;2*1H;/q-1;;;. The number of halogens is 2. The van der Waals surface area contributed by atoms with E-state index in [0.29, 0.717) is 5.57 Å². The summed E-state index contributed by atoms with van der Waals surface area (Å²) in [6, 6.07) is 0. The molecule has 0 aromatic rings. The smallest absolute Gasteiger partial charge is 0 e. The molecule has 1 nitrogen and oxygen atoms in total. The third-order valence-corrected chi connectivity index (χ3v) is 0.174. The van der Waals surface area contributed by atoms with Crippen molar-refractivity contribution in [2.24, 2.45) is 0 Å². The van der Waals surface area contributed by atoms with Crippen molar-refractivity contribution in [2.75, 3.05) is 0 Å². The first-order valence-corrected chi connectivity index (χ1v) is 1.31. The van der Waals surface area contributed by atoms with Crippen molar-refractivity contribution in [1.29, 1.82) is 0 Å².